The number of carbonyl (C=O) groups excluding carboxylic acids is 2. The van der Waals surface area contributed by atoms with Crippen molar-refractivity contribution in [2.45, 2.75) is 18.9 Å². The Labute approximate surface area is 64.4 Å². The van der Waals surface area contributed by atoms with Crippen LogP contribution in [-0.4, -0.2) is 29.4 Å². The monoisotopic (exact) mass is 160 g/mol. The lowest BCUT2D eigenvalue weighted by molar-refractivity contribution is -0.122. The summed E-state index contributed by atoms with van der Waals surface area (Å²) >= 11 is 0. The first-order chi connectivity index (χ1) is 5.07. The van der Waals surface area contributed by atoms with Crippen molar-refractivity contribution in [1.29, 1.82) is 0 Å². The number of aliphatic hydroxyl groups excluding tert-OH is 1. The van der Waals surface area contributed by atoms with E-state index in [0.29, 0.717) is 0 Å². The van der Waals surface area contributed by atoms with E-state index in [9.17, 15) is 9.59 Å². The molecule has 0 aromatic carbocycles. The summed E-state index contributed by atoms with van der Waals surface area (Å²) in [6, 6.07) is -0.787. The van der Waals surface area contributed by atoms with E-state index in [1.54, 1.807) is 0 Å². The molecule has 0 aromatic rings. The molecule has 0 aliphatic carbocycles. The summed E-state index contributed by atoms with van der Waals surface area (Å²) in [6.45, 7) is -0.508. The van der Waals surface area contributed by atoms with Gasteiger partial charge in [0, 0.05) is 6.42 Å². The number of ketones is 1. The zero-order chi connectivity index (χ0) is 8.85. The van der Waals surface area contributed by atoms with Crippen LogP contribution in [0.3, 0.4) is 0 Å². The predicted octanol–water partition coefficient (Wildman–Crippen LogP) is -1.86. The van der Waals surface area contributed by atoms with Gasteiger partial charge in [-0.3, -0.25) is 9.59 Å². The van der Waals surface area contributed by atoms with Gasteiger partial charge in [0.05, 0.1) is 6.04 Å². The van der Waals surface area contributed by atoms with Gasteiger partial charge in [-0.05, 0) is 6.42 Å². The highest BCUT2D eigenvalue weighted by molar-refractivity contribution is 5.82. The van der Waals surface area contributed by atoms with Crippen LogP contribution in [0.15, 0.2) is 0 Å². The molecule has 5 heteroatoms. The second kappa shape index (κ2) is 4.81. The summed E-state index contributed by atoms with van der Waals surface area (Å²) in [4.78, 5) is 20.8. The standard InChI is InChI=1S/C6H12N2O3/c7-5(6(8)11)2-1-4(10)3-9/h5,9H,1-3,7H2,(H2,8,11)/t5-/m0/s1. The molecule has 11 heavy (non-hydrogen) atoms. The topological polar surface area (TPSA) is 106 Å². The van der Waals surface area contributed by atoms with Crippen molar-refractivity contribution in [1.82, 2.24) is 0 Å². The van der Waals surface area contributed by atoms with E-state index in [2.05, 4.69) is 0 Å². The second-order valence-corrected chi connectivity index (χ2v) is 2.24. The molecule has 0 rings (SSSR count). The minimum atomic E-state index is -0.787. The van der Waals surface area contributed by atoms with Crippen LogP contribution >= 0.6 is 0 Å². The summed E-state index contributed by atoms with van der Waals surface area (Å²) in [5, 5.41) is 8.28. The molecular formula is C6H12N2O3. The van der Waals surface area contributed by atoms with Gasteiger partial charge in [0.2, 0.25) is 5.91 Å². The molecule has 1 amide bonds. The number of primary amides is 1. The third kappa shape index (κ3) is 4.46. The molecule has 0 spiro atoms. The fraction of sp³-hybridized carbons (Fsp3) is 0.667. The first-order valence-electron chi connectivity index (χ1n) is 3.25. The number of hydrogen-bond donors (Lipinski definition) is 3. The zero-order valence-corrected chi connectivity index (χ0v) is 6.12. The number of hydrogen-bond acceptors (Lipinski definition) is 4. The summed E-state index contributed by atoms with van der Waals surface area (Å²) in [5.74, 6) is -0.961. The van der Waals surface area contributed by atoms with Gasteiger partial charge in [-0.25, -0.2) is 0 Å². The largest absolute Gasteiger partial charge is 0.389 e. The van der Waals surface area contributed by atoms with Crippen molar-refractivity contribution >= 4 is 11.7 Å². The summed E-state index contributed by atoms with van der Waals surface area (Å²) in [7, 11) is 0. The SMILES string of the molecule is NC(=O)[C@@H](N)CCC(=O)CO. The Morgan fingerprint density at radius 1 is 1.45 bits per heavy atom. The van der Waals surface area contributed by atoms with Gasteiger partial charge in [0.15, 0.2) is 5.78 Å². The Morgan fingerprint density at radius 2 is 2.00 bits per heavy atom. The fourth-order valence-electron chi connectivity index (χ4n) is 0.538. The Kier molecular flexibility index (Phi) is 4.40. The molecule has 0 radical (unpaired) electrons. The minimum Gasteiger partial charge on any atom is -0.389 e. The summed E-state index contributed by atoms with van der Waals surface area (Å²) in [5.41, 5.74) is 10.0. The maximum atomic E-state index is 10.5. The Morgan fingerprint density at radius 3 is 2.36 bits per heavy atom. The van der Waals surface area contributed by atoms with E-state index < -0.39 is 18.6 Å². The fourth-order valence-corrected chi connectivity index (χ4v) is 0.538. The van der Waals surface area contributed by atoms with Gasteiger partial charge in [0.1, 0.15) is 6.61 Å². The van der Waals surface area contributed by atoms with E-state index in [1.165, 1.54) is 0 Å². The molecule has 0 aromatic heterocycles. The molecule has 0 aliphatic heterocycles. The van der Waals surface area contributed by atoms with Crippen LogP contribution in [-0.2, 0) is 9.59 Å². The highest BCUT2D eigenvalue weighted by atomic mass is 16.3. The third-order valence-electron chi connectivity index (χ3n) is 1.28. The van der Waals surface area contributed by atoms with E-state index in [-0.39, 0.29) is 18.6 Å². The smallest absolute Gasteiger partial charge is 0.234 e. The molecule has 0 saturated carbocycles. The summed E-state index contributed by atoms with van der Waals surface area (Å²) in [6.07, 6.45) is 0.301. The predicted molar refractivity (Wildman–Crippen MR) is 38.5 cm³/mol. The van der Waals surface area contributed by atoms with E-state index in [4.69, 9.17) is 16.6 Å². The Hall–Kier alpha value is -0.940. The highest BCUT2D eigenvalue weighted by Crippen LogP contribution is 1.94. The molecule has 5 nitrogen and oxygen atoms in total. The zero-order valence-electron chi connectivity index (χ0n) is 6.12. The number of carbonyl (C=O) groups is 2. The normalized spacial score (nSPS) is 12.5. The molecular weight excluding hydrogens is 148 g/mol. The van der Waals surface area contributed by atoms with Gasteiger partial charge in [0.25, 0.3) is 0 Å². The lowest BCUT2D eigenvalue weighted by Crippen LogP contribution is -2.36. The highest BCUT2D eigenvalue weighted by Gasteiger charge is 2.10. The summed E-state index contributed by atoms with van der Waals surface area (Å²) < 4.78 is 0. The van der Waals surface area contributed by atoms with Crippen LogP contribution in [0.5, 0.6) is 0 Å². The average Bonchev–Trinajstić information content (AvgIpc) is 1.99. The molecule has 0 fully saturated rings. The van der Waals surface area contributed by atoms with Crippen LogP contribution in [0.1, 0.15) is 12.8 Å². The minimum absolute atomic E-state index is 0.0978. The maximum absolute atomic E-state index is 10.5. The molecule has 0 aliphatic rings. The van der Waals surface area contributed by atoms with E-state index >= 15 is 0 Å². The van der Waals surface area contributed by atoms with Crippen molar-refractivity contribution in [2.24, 2.45) is 11.5 Å². The van der Waals surface area contributed by atoms with Gasteiger partial charge in [-0.2, -0.15) is 0 Å². The maximum Gasteiger partial charge on any atom is 0.234 e. The van der Waals surface area contributed by atoms with Crippen molar-refractivity contribution in [3.05, 3.63) is 0 Å². The Balaban J connectivity index is 3.54. The lowest BCUT2D eigenvalue weighted by Gasteiger charge is -2.04. The van der Waals surface area contributed by atoms with Gasteiger partial charge >= 0.3 is 0 Å². The molecule has 0 unspecified atom stereocenters. The molecule has 0 bridgehead atoms. The number of amides is 1. The van der Waals surface area contributed by atoms with Crippen LogP contribution in [0.25, 0.3) is 0 Å². The van der Waals surface area contributed by atoms with Crippen molar-refractivity contribution in [2.75, 3.05) is 6.61 Å². The molecule has 64 valence electrons. The van der Waals surface area contributed by atoms with Crippen LogP contribution in [0.2, 0.25) is 0 Å². The Bertz CT molecular complexity index is 158. The lowest BCUT2D eigenvalue weighted by atomic mass is 10.1. The molecule has 0 saturated heterocycles. The first kappa shape index (κ1) is 10.1. The first-order valence-corrected chi connectivity index (χ1v) is 3.25. The average molecular weight is 160 g/mol. The van der Waals surface area contributed by atoms with Crippen molar-refractivity contribution in [3.63, 3.8) is 0 Å². The number of aliphatic hydroxyl groups is 1. The number of Topliss-reactive ketones (excluding diaryl/α,β-unsaturated/α-hetero) is 1. The molecule has 1 atom stereocenters. The van der Waals surface area contributed by atoms with E-state index in [1.807, 2.05) is 0 Å². The van der Waals surface area contributed by atoms with Gasteiger partial charge < -0.3 is 16.6 Å². The van der Waals surface area contributed by atoms with Gasteiger partial charge in [-0.15, -0.1) is 0 Å². The van der Waals surface area contributed by atoms with E-state index in [0.717, 1.165) is 0 Å². The van der Waals surface area contributed by atoms with Crippen molar-refractivity contribution < 1.29 is 14.7 Å². The van der Waals surface area contributed by atoms with Crippen LogP contribution in [0, 0.1) is 0 Å². The van der Waals surface area contributed by atoms with Crippen molar-refractivity contribution in [3.8, 4) is 0 Å². The number of rotatable bonds is 5. The molecule has 0 heterocycles. The van der Waals surface area contributed by atoms with Gasteiger partial charge in [-0.1, -0.05) is 0 Å². The third-order valence-corrected chi connectivity index (χ3v) is 1.28. The number of nitrogens with two attached hydrogens (primary N) is 2. The quantitative estimate of drug-likeness (QED) is 0.438. The van der Waals surface area contributed by atoms with Crippen LogP contribution < -0.4 is 11.5 Å². The van der Waals surface area contributed by atoms with Crippen LogP contribution in [0.4, 0.5) is 0 Å². The second-order valence-electron chi connectivity index (χ2n) is 2.24. The molecule has 5 N–H and O–H groups in total.